The number of imidazole rings is 1. The highest BCUT2D eigenvalue weighted by molar-refractivity contribution is 5.79. The van der Waals surface area contributed by atoms with Gasteiger partial charge in [0.15, 0.2) is 0 Å². The molecule has 1 amide bonds. The molecule has 0 unspecified atom stereocenters. The maximum absolute atomic E-state index is 11.7. The van der Waals surface area contributed by atoms with E-state index in [0.29, 0.717) is 12.5 Å². The van der Waals surface area contributed by atoms with Crippen molar-refractivity contribution in [2.75, 3.05) is 5.73 Å². The number of benzene rings is 1. The quantitative estimate of drug-likeness (QED) is 0.909. The van der Waals surface area contributed by atoms with Crippen LogP contribution in [0.4, 0.5) is 10.7 Å². The number of hydrogen-bond donors (Lipinski definition) is 2. The van der Waals surface area contributed by atoms with Gasteiger partial charge in [-0.1, -0.05) is 13.0 Å². The molecule has 0 saturated heterocycles. The minimum absolute atomic E-state index is 0.394. The molecule has 120 valence electrons. The molecule has 6 heteroatoms. The van der Waals surface area contributed by atoms with Gasteiger partial charge >= 0.3 is 6.09 Å². The molecular formula is C16H24N4O2. The van der Waals surface area contributed by atoms with Crippen molar-refractivity contribution in [3.05, 3.63) is 23.8 Å². The molecule has 0 radical (unpaired) electrons. The Hall–Kier alpha value is -2.24. The van der Waals surface area contributed by atoms with Gasteiger partial charge in [-0.3, -0.25) is 0 Å². The van der Waals surface area contributed by atoms with Crippen molar-refractivity contribution in [2.24, 2.45) is 0 Å². The predicted octanol–water partition coefficient (Wildman–Crippen LogP) is 3.05. The van der Waals surface area contributed by atoms with E-state index in [1.807, 2.05) is 43.5 Å². The van der Waals surface area contributed by atoms with E-state index in [-0.39, 0.29) is 0 Å². The van der Waals surface area contributed by atoms with Gasteiger partial charge < -0.3 is 20.4 Å². The van der Waals surface area contributed by atoms with Crippen molar-refractivity contribution in [1.29, 1.82) is 0 Å². The molecule has 0 aliphatic rings. The number of nitrogens with one attached hydrogen (secondary N) is 1. The fourth-order valence-corrected chi connectivity index (χ4v) is 2.25. The first kappa shape index (κ1) is 16.1. The fourth-order valence-electron chi connectivity index (χ4n) is 2.25. The lowest BCUT2D eigenvalue weighted by molar-refractivity contribution is 0.0523. The SMILES string of the molecule is CCCn1c(N)nc2cc(CNC(=O)OC(C)(C)C)ccc21. The van der Waals surface area contributed by atoms with Crippen molar-refractivity contribution in [2.45, 2.75) is 52.8 Å². The molecule has 1 aromatic heterocycles. The van der Waals surface area contributed by atoms with E-state index in [1.54, 1.807) is 0 Å². The summed E-state index contributed by atoms with van der Waals surface area (Å²) in [5.74, 6) is 0.522. The lowest BCUT2D eigenvalue weighted by atomic mass is 10.2. The number of fused-ring (bicyclic) bond motifs is 1. The maximum atomic E-state index is 11.7. The first-order valence-electron chi connectivity index (χ1n) is 7.51. The van der Waals surface area contributed by atoms with Crippen LogP contribution in [0.3, 0.4) is 0 Å². The zero-order valence-corrected chi connectivity index (χ0v) is 13.6. The van der Waals surface area contributed by atoms with Crippen LogP contribution in [-0.2, 0) is 17.8 Å². The molecule has 3 N–H and O–H groups in total. The molecule has 2 aromatic rings. The zero-order valence-electron chi connectivity index (χ0n) is 13.6. The number of carbonyl (C=O) groups excluding carboxylic acids is 1. The Morgan fingerprint density at radius 1 is 1.41 bits per heavy atom. The van der Waals surface area contributed by atoms with Gasteiger partial charge in [0.2, 0.25) is 5.95 Å². The standard InChI is InChI=1S/C16H24N4O2/c1-5-8-20-13-7-6-11(9-12(13)19-14(20)17)10-18-15(21)22-16(2,3)4/h6-7,9H,5,8,10H2,1-4H3,(H2,17,19)(H,18,21). The van der Waals surface area contributed by atoms with E-state index >= 15 is 0 Å². The number of rotatable bonds is 4. The highest BCUT2D eigenvalue weighted by Gasteiger charge is 2.16. The van der Waals surface area contributed by atoms with Crippen molar-refractivity contribution < 1.29 is 9.53 Å². The number of nitrogen functional groups attached to an aromatic ring is 1. The number of nitrogens with two attached hydrogens (primary N) is 1. The highest BCUT2D eigenvalue weighted by atomic mass is 16.6. The number of hydrogen-bond acceptors (Lipinski definition) is 4. The third-order valence-electron chi connectivity index (χ3n) is 3.13. The topological polar surface area (TPSA) is 82.2 Å². The molecule has 0 saturated carbocycles. The number of nitrogens with zero attached hydrogens (tertiary/aromatic N) is 2. The maximum Gasteiger partial charge on any atom is 0.407 e. The van der Waals surface area contributed by atoms with Gasteiger partial charge in [0.05, 0.1) is 11.0 Å². The summed E-state index contributed by atoms with van der Waals surface area (Å²) in [5, 5.41) is 2.74. The second-order valence-electron chi connectivity index (χ2n) is 6.30. The summed E-state index contributed by atoms with van der Waals surface area (Å²) in [4.78, 5) is 16.0. The smallest absolute Gasteiger partial charge is 0.407 e. The van der Waals surface area contributed by atoms with Crippen LogP contribution in [-0.4, -0.2) is 21.2 Å². The van der Waals surface area contributed by atoms with Crippen LogP contribution < -0.4 is 11.1 Å². The molecule has 0 spiro atoms. The van der Waals surface area contributed by atoms with E-state index in [1.165, 1.54) is 0 Å². The molecule has 0 atom stereocenters. The van der Waals surface area contributed by atoms with Crippen molar-refractivity contribution >= 4 is 23.1 Å². The normalized spacial score (nSPS) is 11.6. The number of aryl methyl sites for hydroxylation is 1. The van der Waals surface area contributed by atoms with Crippen LogP contribution in [0.25, 0.3) is 11.0 Å². The number of amides is 1. The molecule has 0 aliphatic heterocycles. The summed E-state index contributed by atoms with van der Waals surface area (Å²) in [7, 11) is 0. The van der Waals surface area contributed by atoms with Crippen LogP contribution in [0.15, 0.2) is 18.2 Å². The Bertz CT molecular complexity index is 671. The monoisotopic (exact) mass is 304 g/mol. The van der Waals surface area contributed by atoms with E-state index < -0.39 is 11.7 Å². The summed E-state index contributed by atoms with van der Waals surface area (Å²) >= 11 is 0. The van der Waals surface area contributed by atoms with Gasteiger partial charge in [-0.15, -0.1) is 0 Å². The molecule has 6 nitrogen and oxygen atoms in total. The van der Waals surface area contributed by atoms with Gasteiger partial charge in [-0.05, 0) is 44.9 Å². The number of alkyl carbamates (subject to hydrolysis) is 1. The van der Waals surface area contributed by atoms with E-state index in [4.69, 9.17) is 10.5 Å². The molecule has 0 bridgehead atoms. The van der Waals surface area contributed by atoms with Crippen molar-refractivity contribution in [3.63, 3.8) is 0 Å². The average Bonchev–Trinajstić information content (AvgIpc) is 2.71. The van der Waals surface area contributed by atoms with Crippen molar-refractivity contribution in [1.82, 2.24) is 14.9 Å². The molecule has 1 aromatic carbocycles. The Morgan fingerprint density at radius 3 is 2.77 bits per heavy atom. The van der Waals surface area contributed by atoms with Gasteiger partial charge in [0.25, 0.3) is 0 Å². The van der Waals surface area contributed by atoms with E-state index in [2.05, 4.69) is 17.2 Å². The summed E-state index contributed by atoms with van der Waals surface area (Å²) < 4.78 is 7.21. The second kappa shape index (κ2) is 6.25. The van der Waals surface area contributed by atoms with E-state index in [0.717, 1.165) is 29.6 Å². The Morgan fingerprint density at radius 2 is 2.14 bits per heavy atom. The minimum Gasteiger partial charge on any atom is -0.444 e. The van der Waals surface area contributed by atoms with Gasteiger partial charge in [-0.25, -0.2) is 9.78 Å². The van der Waals surface area contributed by atoms with Crippen LogP contribution >= 0.6 is 0 Å². The van der Waals surface area contributed by atoms with Crippen LogP contribution in [0.1, 0.15) is 39.7 Å². The number of anilines is 1. The largest absolute Gasteiger partial charge is 0.444 e. The summed E-state index contributed by atoms with van der Waals surface area (Å²) in [6.45, 7) is 8.85. The van der Waals surface area contributed by atoms with Crippen LogP contribution in [0.5, 0.6) is 0 Å². The Balaban J connectivity index is 2.09. The summed E-state index contributed by atoms with van der Waals surface area (Å²) in [6, 6.07) is 5.89. The molecule has 2 rings (SSSR count). The lowest BCUT2D eigenvalue weighted by Crippen LogP contribution is -2.32. The number of ether oxygens (including phenoxy) is 1. The fraction of sp³-hybridized carbons (Fsp3) is 0.500. The highest BCUT2D eigenvalue weighted by Crippen LogP contribution is 2.20. The molecule has 22 heavy (non-hydrogen) atoms. The van der Waals surface area contributed by atoms with Crippen LogP contribution in [0.2, 0.25) is 0 Å². The third-order valence-corrected chi connectivity index (χ3v) is 3.13. The zero-order chi connectivity index (χ0) is 16.3. The molecule has 1 heterocycles. The summed E-state index contributed by atoms with van der Waals surface area (Å²) in [5.41, 5.74) is 8.26. The predicted molar refractivity (Wildman–Crippen MR) is 87.5 cm³/mol. The first-order chi connectivity index (χ1) is 10.3. The number of aromatic nitrogens is 2. The first-order valence-corrected chi connectivity index (χ1v) is 7.51. The Kier molecular flexibility index (Phi) is 4.59. The van der Waals surface area contributed by atoms with Crippen LogP contribution in [0, 0.1) is 0 Å². The lowest BCUT2D eigenvalue weighted by Gasteiger charge is -2.19. The molecule has 0 aliphatic carbocycles. The van der Waals surface area contributed by atoms with E-state index in [9.17, 15) is 4.79 Å². The van der Waals surface area contributed by atoms with Crippen molar-refractivity contribution in [3.8, 4) is 0 Å². The minimum atomic E-state index is -0.499. The summed E-state index contributed by atoms with van der Waals surface area (Å²) in [6.07, 6.45) is 0.570. The second-order valence-corrected chi connectivity index (χ2v) is 6.30. The Labute approximate surface area is 130 Å². The van der Waals surface area contributed by atoms with Gasteiger partial charge in [0.1, 0.15) is 5.60 Å². The molecular weight excluding hydrogens is 280 g/mol. The van der Waals surface area contributed by atoms with Gasteiger partial charge in [0, 0.05) is 13.1 Å². The van der Waals surface area contributed by atoms with Gasteiger partial charge in [-0.2, -0.15) is 0 Å². The number of carbonyl (C=O) groups is 1. The third kappa shape index (κ3) is 3.90. The average molecular weight is 304 g/mol. The molecule has 0 fully saturated rings.